The first-order chi connectivity index (χ1) is 4.51. The van der Waals surface area contributed by atoms with Crippen LogP contribution in [0.3, 0.4) is 0 Å². The van der Waals surface area contributed by atoms with Crippen LogP contribution in [0.15, 0.2) is 0 Å². The molecule has 62 valence electrons. The number of carbonyl (C=O) groups is 1. The van der Waals surface area contributed by atoms with Gasteiger partial charge in [-0.05, 0) is 13.8 Å². The van der Waals surface area contributed by atoms with Crippen LogP contribution in [0, 0.1) is 0 Å². The van der Waals surface area contributed by atoms with Crippen molar-refractivity contribution in [3.8, 4) is 0 Å². The van der Waals surface area contributed by atoms with Gasteiger partial charge in [0.15, 0.2) is 11.9 Å². The minimum absolute atomic E-state index is 0. The molecule has 0 bridgehead atoms. The van der Waals surface area contributed by atoms with E-state index in [2.05, 4.69) is 0 Å². The number of aliphatic carboxylic acids is 1. The van der Waals surface area contributed by atoms with Gasteiger partial charge in [0.2, 0.25) is 0 Å². The van der Waals surface area contributed by atoms with Crippen LogP contribution in [0.25, 0.3) is 0 Å². The van der Waals surface area contributed by atoms with E-state index >= 15 is 0 Å². The van der Waals surface area contributed by atoms with E-state index in [1.807, 2.05) is 0 Å². The van der Waals surface area contributed by atoms with Crippen molar-refractivity contribution in [1.82, 2.24) is 0 Å². The third-order valence-corrected chi connectivity index (χ3v) is 1.28. The first-order valence-corrected chi connectivity index (χ1v) is 3.06. The number of rotatable bonds is 1. The Morgan fingerprint density at radius 1 is 1.64 bits per heavy atom. The number of carboxylic acids is 1. The monoisotopic (exact) mass is 188 g/mol. The summed E-state index contributed by atoms with van der Waals surface area (Å²) in [6.45, 7) is 3.52. The van der Waals surface area contributed by atoms with E-state index in [1.54, 1.807) is 13.8 Å². The van der Waals surface area contributed by atoms with E-state index < -0.39 is 17.9 Å². The molecular weight excluding hydrogens is 176 g/mol. The van der Waals surface area contributed by atoms with Gasteiger partial charge in [0.05, 0.1) is 6.61 Å². The molecule has 1 heterocycles. The van der Waals surface area contributed by atoms with Crippen LogP contribution in [0.5, 0.6) is 0 Å². The third-order valence-electron chi connectivity index (χ3n) is 1.28. The molecule has 0 radical (unpaired) electrons. The van der Waals surface area contributed by atoms with Crippen molar-refractivity contribution in [2.24, 2.45) is 0 Å². The zero-order valence-corrected chi connectivity index (χ0v) is 5.96. The van der Waals surface area contributed by atoms with Gasteiger partial charge in [0.1, 0.15) is 0 Å². The molecule has 0 amide bonds. The van der Waals surface area contributed by atoms with Crippen molar-refractivity contribution in [2.45, 2.75) is 25.7 Å². The molecule has 1 rings (SSSR count). The summed E-state index contributed by atoms with van der Waals surface area (Å²) in [5, 5.41) is 8.44. The molecule has 1 aliphatic heterocycles. The van der Waals surface area contributed by atoms with Crippen LogP contribution >= 0.6 is 0 Å². The second-order valence-corrected chi connectivity index (χ2v) is 2.66. The Kier molecular flexibility index (Phi) is 4.29. The third kappa shape index (κ3) is 3.25. The van der Waals surface area contributed by atoms with Crippen LogP contribution in [0.1, 0.15) is 13.8 Å². The number of hydrogen-bond acceptors (Lipinski definition) is 3. The Hall–Kier alpha value is 0.650. The predicted octanol–water partition coefficient (Wildman–Crippen LogP) is -0.694. The summed E-state index contributed by atoms with van der Waals surface area (Å²) in [5.41, 5.74) is 0. The molecule has 0 spiro atoms. The molecule has 0 aromatic rings. The molecule has 1 atom stereocenters. The zero-order chi connectivity index (χ0) is 7.78. The molecule has 1 fully saturated rings. The first-order valence-electron chi connectivity index (χ1n) is 3.06. The topological polar surface area (TPSA) is 55.8 Å². The van der Waals surface area contributed by atoms with Gasteiger partial charge in [0, 0.05) is 0 Å². The fourth-order valence-electron chi connectivity index (χ4n) is 0.809. The Morgan fingerprint density at radius 3 is 2.36 bits per heavy atom. The standard InChI is InChI=1S/C6H10O4.Ca.2H/c1-6(2)9-3-4(10-6)5(7)8;;;/h4H,3H2,1-2H3,(H,7,8);;;. The van der Waals surface area contributed by atoms with Gasteiger partial charge in [-0.15, -0.1) is 0 Å². The molecule has 5 heteroatoms. The summed E-state index contributed by atoms with van der Waals surface area (Å²) in [5.74, 6) is -1.70. The molecule has 1 N–H and O–H groups in total. The van der Waals surface area contributed by atoms with Gasteiger partial charge in [0.25, 0.3) is 0 Å². The molecule has 0 aliphatic carbocycles. The number of ether oxygens (including phenoxy) is 2. The summed E-state index contributed by atoms with van der Waals surface area (Å²) < 4.78 is 10.00. The van der Waals surface area contributed by atoms with Gasteiger partial charge in [-0.25, -0.2) is 4.79 Å². The fraction of sp³-hybridized carbons (Fsp3) is 0.833. The molecule has 11 heavy (non-hydrogen) atoms. The maximum absolute atomic E-state index is 10.3. The zero-order valence-electron chi connectivity index (χ0n) is 5.96. The van der Waals surface area contributed by atoms with Crippen LogP contribution in [-0.2, 0) is 14.3 Å². The molecular formula is C6H12CaO4. The van der Waals surface area contributed by atoms with E-state index in [0.29, 0.717) is 0 Å². The summed E-state index contributed by atoms with van der Waals surface area (Å²) in [6.07, 6.45) is -0.796. The minimum atomic E-state index is -0.967. The molecule has 0 aromatic heterocycles. The second kappa shape index (κ2) is 4.05. The Morgan fingerprint density at radius 2 is 2.18 bits per heavy atom. The molecule has 1 unspecified atom stereocenters. The maximum atomic E-state index is 10.3. The molecule has 0 saturated carbocycles. The number of hydrogen-bond donors (Lipinski definition) is 1. The van der Waals surface area contributed by atoms with E-state index in [0.717, 1.165) is 0 Å². The van der Waals surface area contributed by atoms with Crippen molar-refractivity contribution in [3.63, 3.8) is 0 Å². The van der Waals surface area contributed by atoms with E-state index in [9.17, 15) is 4.79 Å². The Labute approximate surface area is 94.9 Å². The Bertz CT molecular complexity index is 157. The molecule has 4 nitrogen and oxygen atoms in total. The normalized spacial score (nSPS) is 27.6. The van der Waals surface area contributed by atoms with E-state index in [1.165, 1.54) is 0 Å². The van der Waals surface area contributed by atoms with Crippen LogP contribution in [0.4, 0.5) is 0 Å². The summed E-state index contributed by atoms with van der Waals surface area (Å²) in [7, 11) is 0. The van der Waals surface area contributed by atoms with Crippen LogP contribution in [0.2, 0.25) is 0 Å². The predicted molar refractivity (Wildman–Crippen MR) is 41.1 cm³/mol. The van der Waals surface area contributed by atoms with Gasteiger partial charge in [-0.3, -0.25) is 0 Å². The number of carboxylic acid groups (broad SMARTS) is 1. The Balaban J connectivity index is 0.000001000. The average molecular weight is 188 g/mol. The second-order valence-electron chi connectivity index (χ2n) is 2.66. The summed E-state index contributed by atoms with van der Waals surface area (Å²) in [6, 6.07) is 0. The fourth-order valence-corrected chi connectivity index (χ4v) is 0.809. The van der Waals surface area contributed by atoms with Gasteiger partial charge in [-0.2, -0.15) is 0 Å². The van der Waals surface area contributed by atoms with Gasteiger partial charge >= 0.3 is 43.7 Å². The van der Waals surface area contributed by atoms with Crippen molar-refractivity contribution in [2.75, 3.05) is 6.61 Å². The van der Waals surface area contributed by atoms with E-state index in [-0.39, 0.29) is 44.3 Å². The van der Waals surface area contributed by atoms with E-state index in [4.69, 9.17) is 14.6 Å². The average Bonchev–Trinajstić information content (AvgIpc) is 2.10. The van der Waals surface area contributed by atoms with Crippen molar-refractivity contribution >= 4 is 43.7 Å². The van der Waals surface area contributed by atoms with Crippen LogP contribution < -0.4 is 0 Å². The molecule has 1 aliphatic rings. The molecule has 1 saturated heterocycles. The van der Waals surface area contributed by atoms with Crippen molar-refractivity contribution < 1.29 is 19.4 Å². The SMILES string of the molecule is CC1(C)OCC(C(=O)O)O1.[CaH2]. The first kappa shape index (κ1) is 11.6. The summed E-state index contributed by atoms with van der Waals surface area (Å²) in [4.78, 5) is 10.3. The van der Waals surface area contributed by atoms with Gasteiger partial charge in [-0.1, -0.05) is 0 Å². The van der Waals surface area contributed by atoms with Crippen molar-refractivity contribution in [3.05, 3.63) is 0 Å². The van der Waals surface area contributed by atoms with Crippen molar-refractivity contribution in [1.29, 1.82) is 0 Å². The summed E-state index contributed by atoms with van der Waals surface area (Å²) >= 11 is 0. The quantitative estimate of drug-likeness (QED) is 0.553. The molecule has 0 aromatic carbocycles. The van der Waals surface area contributed by atoms with Crippen LogP contribution in [-0.4, -0.2) is 67.3 Å². The van der Waals surface area contributed by atoms with Gasteiger partial charge < -0.3 is 14.6 Å².